The maximum absolute atomic E-state index is 12.0. The number of hydrogen-bond donors (Lipinski definition) is 2. The molecule has 7 nitrogen and oxygen atoms in total. The molecule has 1 aliphatic rings. The van der Waals surface area contributed by atoms with Gasteiger partial charge in [-0.3, -0.25) is 29.3 Å². The Morgan fingerprint density at radius 1 is 1.50 bits per heavy atom. The molecule has 2 aromatic heterocycles. The number of pyridine rings is 1. The average Bonchev–Trinajstić information content (AvgIpc) is 2.81. The molecule has 0 fully saturated rings. The van der Waals surface area contributed by atoms with Gasteiger partial charge in [0.1, 0.15) is 0 Å². The van der Waals surface area contributed by atoms with Gasteiger partial charge in [0.25, 0.3) is 5.56 Å². The van der Waals surface area contributed by atoms with E-state index in [1.54, 1.807) is 17.1 Å². The highest BCUT2D eigenvalue weighted by molar-refractivity contribution is 5.78. The van der Waals surface area contributed by atoms with E-state index in [1.165, 1.54) is 0 Å². The number of aryl methyl sites for hydroxylation is 1. The van der Waals surface area contributed by atoms with Gasteiger partial charge in [0.2, 0.25) is 5.91 Å². The van der Waals surface area contributed by atoms with Gasteiger partial charge in [-0.25, -0.2) is 0 Å². The van der Waals surface area contributed by atoms with Gasteiger partial charge >= 0.3 is 0 Å². The standard InChI is InChI=1S/C15H19N5O2/c1-19-13-9-20(6-4-12(13)15(22)18-19)10-14(21)17-8-11-3-2-5-16-7-11/h2-3,5,7H,4,6,8-10H2,1H3,(H,17,21)(H,18,22). The Labute approximate surface area is 127 Å². The topological polar surface area (TPSA) is 83.0 Å². The molecule has 0 bridgehead atoms. The summed E-state index contributed by atoms with van der Waals surface area (Å²) < 4.78 is 1.75. The van der Waals surface area contributed by atoms with Crippen LogP contribution in [0.1, 0.15) is 16.8 Å². The summed E-state index contributed by atoms with van der Waals surface area (Å²) in [6.07, 6.45) is 4.13. The van der Waals surface area contributed by atoms with Gasteiger partial charge in [-0.2, -0.15) is 0 Å². The predicted octanol–water partition coefficient (Wildman–Crippen LogP) is -0.217. The van der Waals surface area contributed by atoms with Gasteiger partial charge < -0.3 is 5.32 Å². The molecule has 116 valence electrons. The van der Waals surface area contributed by atoms with Crippen molar-refractivity contribution in [2.45, 2.75) is 19.5 Å². The van der Waals surface area contributed by atoms with Crippen LogP contribution in [0.15, 0.2) is 29.3 Å². The van der Waals surface area contributed by atoms with Gasteiger partial charge in [0.05, 0.1) is 12.2 Å². The van der Waals surface area contributed by atoms with Crippen molar-refractivity contribution < 1.29 is 4.79 Å². The smallest absolute Gasteiger partial charge is 0.267 e. The summed E-state index contributed by atoms with van der Waals surface area (Å²) in [5.41, 5.74) is 2.77. The van der Waals surface area contributed by atoms with Crippen LogP contribution >= 0.6 is 0 Å². The van der Waals surface area contributed by atoms with E-state index in [0.29, 0.717) is 26.1 Å². The van der Waals surface area contributed by atoms with Crippen LogP contribution in [0.4, 0.5) is 0 Å². The zero-order valence-corrected chi connectivity index (χ0v) is 12.5. The molecule has 0 radical (unpaired) electrons. The fourth-order valence-electron chi connectivity index (χ4n) is 2.74. The SMILES string of the molecule is Cn1[nH]c(=O)c2c1CN(CC(=O)NCc1cccnc1)CC2. The van der Waals surface area contributed by atoms with E-state index >= 15 is 0 Å². The Kier molecular flexibility index (Phi) is 4.06. The van der Waals surface area contributed by atoms with E-state index in [1.807, 2.05) is 24.1 Å². The number of nitrogens with one attached hydrogen (secondary N) is 2. The first-order valence-corrected chi connectivity index (χ1v) is 7.28. The van der Waals surface area contributed by atoms with Gasteiger partial charge in [-0.1, -0.05) is 6.07 Å². The summed E-state index contributed by atoms with van der Waals surface area (Å²) >= 11 is 0. The molecule has 3 heterocycles. The molecule has 0 aromatic carbocycles. The molecule has 2 aromatic rings. The third kappa shape index (κ3) is 3.09. The van der Waals surface area contributed by atoms with Crippen molar-refractivity contribution in [2.24, 2.45) is 7.05 Å². The minimum absolute atomic E-state index is 0.0156. The second kappa shape index (κ2) is 6.15. The van der Waals surface area contributed by atoms with Crippen molar-refractivity contribution in [2.75, 3.05) is 13.1 Å². The zero-order chi connectivity index (χ0) is 15.5. The van der Waals surface area contributed by atoms with Crippen LogP contribution in [-0.2, 0) is 31.4 Å². The lowest BCUT2D eigenvalue weighted by molar-refractivity contribution is -0.122. The van der Waals surface area contributed by atoms with Crippen molar-refractivity contribution in [1.82, 2.24) is 25.0 Å². The molecule has 0 aliphatic carbocycles. The lowest BCUT2D eigenvalue weighted by Gasteiger charge is -2.26. The normalized spacial score (nSPS) is 14.6. The molecule has 0 spiro atoms. The molecule has 1 aliphatic heterocycles. The number of fused-ring (bicyclic) bond motifs is 1. The number of aromatic nitrogens is 3. The van der Waals surface area contributed by atoms with Crippen LogP contribution in [0, 0.1) is 0 Å². The lowest BCUT2D eigenvalue weighted by atomic mass is 10.1. The molecular formula is C15H19N5O2. The number of H-pyrrole nitrogens is 1. The molecule has 3 rings (SSSR count). The van der Waals surface area contributed by atoms with Crippen molar-refractivity contribution in [3.05, 3.63) is 51.7 Å². The van der Waals surface area contributed by atoms with Crippen LogP contribution in [-0.4, -0.2) is 38.7 Å². The summed E-state index contributed by atoms with van der Waals surface area (Å²) in [7, 11) is 1.83. The highest BCUT2D eigenvalue weighted by atomic mass is 16.2. The Balaban J connectivity index is 1.55. The quantitative estimate of drug-likeness (QED) is 0.818. The van der Waals surface area contributed by atoms with E-state index in [9.17, 15) is 9.59 Å². The molecule has 0 saturated heterocycles. The third-order valence-electron chi connectivity index (χ3n) is 3.93. The van der Waals surface area contributed by atoms with Crippen LogP contribution in [0.5, 0.6) is 0 Å². The summed E-state index contributed by atoms with van der Waals surface area (Å²) in [6.45, 7) is 2.15. The monoisotopic (exact) mass is 301 g/mol. The second-order valence-corrected chi connectivity index (χ2v) is 5.52. The van der Waals surface area contributed by atoms with Gasteiger partial charge in [-0.05, 0) is 18.1 Å². The fourth-order valence-corrected chi connectivity index (χ4v) is 2.74. The van der Waals surface area contributed by atoms with Crippen molar-refractivity contribution >= 4 is 5.91 Å². The highest BCUT2D eigenvalue weighted by Crippen LogP contribution is 2.14. The number of rotatable bonds is 4. The molecule has 0 atom stereocenters. The van der Waals surface area contributed by atoms with Crippen molar-refractivity contribution in [1.29, 1.82) is 0 Å². The summed E-state index contributed by atoms with van der Waals surface area (Å²) in [4.78, 5) is 29.8. The Hall–Kier alpha value is -2.41. The van der Waals surface area contributed by atoms with Crippen LogP contribution in [0.2, 0.25) is 0 Å². The fraction of sp³-hybridized carbons (Fsp3) is 0.400. The Morgan fingerprint density at radius 3 is 3.14 bits per heavy atom. The first-order valence-electron chi connectivity index (χ1n) is 7.28. The Morgan fingerprint density at radius 2 is 2.36 bits per heavy atom. The van der Waals surface area contributed by atoms with E-state index in [2.05, 4.69) is 15.4 Å². The highest BCUT2D eigenvalue weighted by Gasteiger charge is 2.23. The minimum atomic E-state index is -0.0205. The Bertz CT molecular complexity index is 719. The molecule has 2 N–H and O–H groups in total. The zero-order valence-electron chi connectivity index (χ0n) is 12.5. The molecular weight excluding hydrogens is 282 g/mol. The summed E-state index contributed by atoms with van der Waals surface area (Å²) in [5.74, 6) is -0.0205. The first-order chi connectivity index (χ1) is 10.6. The number of carbonyl (C=O) groups excluding carboxylic acids is 1. The number of hydrogen-bond acceptors (Lipinski definition) is 4. The molecule has 1 amide bonds. The van der Waals surface area contributed by atoms with Crippen LogP contribution in [0.25, 0.3) is 0 Å². The average molecular weight is 301 g/mol. The van der Waals surface area contributed by atoms with Crippen LogP contribution < -0.4 is 10.9 Å². The molecule has 22 heavy (non-hydrogen) atoms. The molecule has 0 saturated carbocycles. The summed E-state index contributed by atoms with van der Waals surface area (Å²) in [5, 5.41) is 5.66. The maximum Gasteiger partial charge on any atom is 0.267 e. The van der Waals surface area contributed by atoms with E-state index < -0.39 is 0 Å². The third-order valence-corrected chi connectivity index (χ3v) is 3.93. The largest absolute Gasteiger partial charge is 0.351 e. The number of aromatic amines is 1. The maximum atomic E-state index is 12.0. The van der Waals surface area contributed by atoms with E-state index in [4.69, 9.17) is 0 Å². The van der Waals surface area contributed by atoms with Gasteiger partial charge in [-0.15, -0.1) is 0 Å². The minimum Gasteiger partial charge on any atom is -0.351 e. The van der Waals surface area contributed by atoms with Gasteiger partial charge in [0.15, 0.2) is 0 Å². The predicted molar refractivity (Wildman–Crippen MR) is 81.1 cm³/mol. The molecule has 7 heteroatoms. The summed E-state index contributed by atoms with van der Waals surface area (Å²) in [6, 6.07) is 3.77. The van der Waals surface area contributed by atoms with Crippen LogP contribution in [0.3, 0.4) is 0 Å². The number of nitrogens with zero attached hydrogens (tertiary/aromatic N) is 3. The van der Waals surface area contributed by atoms with E-state index in [0.717, 1.165) is 23.4 Å². The van der Waals surface area contributed by atoms with Crippen molar-refractivity contribution in [3.8, 4) is 0 Å². The second-order valence-electron chi connectivity index (χ2n) is 5.52. The number of carbonyl (C=O) groups is 1. The van der Waals surface area contributed by atoms with Gasteiger partial charge in [0, 0.05) is 44.6 Å². The first kappa shape index (κ1) is 14.5. The molecule has 0 unspecified atom stereocenters. The van der Waals surface area contributed by atoms with Crippen molar-refractivity contribution in [3.63, 3.8) is 0 Å². The lowest BCUT2D eigenvalue weighted by Crippen LogP contribution is -2.40. The number of amides is 1. The van der Waals surface area contributed by atoms with E-state index in [-0.39, 0.29) is 11.5 Å².